The van der Waals surface area contributed by atoms with Crippen LogP contribution >= 0.6 is 0 Å². The summed E-state index contributed by atoms with van der Waals surface area (Å²) in [7, 11) is 3.92. The molecule has 3 rings (SSSR count). The number of hydrogen-bond donors (Lipinski definition) is 1. The Hall–Kier alpha value is -2.88. The monoisotopic (exact) mass is 320 g/mol. The molecule has 0 bridgehead atoms. The Morgan fingerprint density at radius 2 is 1.50 bits per heavy atom. The second kappa shape index (κ2) is 6.32. The zero-order valence-electron chi connectivity index (χ0n) is 14.0. The van der Waals surface area contributed by atoms with Crippen LogP contribution in [0, 0.1) is 0 Å². The summed E-state index contributed by atoms with van der Waals surface area (Å²) in [5.41, 5.74) is 2.92. The molecule has 4 heteroatoms. The third-order valence-corrected chi connectivity index (χ3v) is 4.24. The van der Waals surface area contributed by atoms with Crippen molar-refractivity contribution < 1.29 is 0 Å². The van der Waals surface area contributed by atoms with E-state index < -0.39 is 10.9 Å². The molecule has 4 nitrogen and oxygen atoms in total. The van der Waals surface area contributed by atoms with Crippen molar-refractivity contribution in [3.05, 3.63) is 80.6 Å². The number of nitrogens with zero attached hydrogens (tertiary/aromatic N) is 1. The molecule has 0 aliphatic heterocycles. The number of nitrogens with one attached hydrogen (secondary N) is 1. The molecule has 1 N–H and O–H groups in total. The molecule has 0 saturated carbocycles. The van der Waals surface area contributed by atoms with E-state index in [-0.39, 0.29) is 6.04 Å². The third-order valence-electron chi connectivity index (χ3n) is 4.24. The average molecular weight is 320 g/mol. The first kappa shape index (κ1) is 16.0. The van der Waals surface area contributed by atoms with E-state index in [0.717, 1.165) is 16.8 Å². The van der Waals surface area contributed by atoms with Gasteiger partial charge in [0.15, 0.2) is 0 Å². The van der Waals surface area contributed by atoms with Crippen molar-refractivity contribution in [3.63, 3.8) is 0 Å². The molecule has 122 valence electrons. The van der Waals surface area contributed by atoms with Crippen molar-refractivity contribution in [2.45, 2.75) is 13.0 Å². The average Bonchev–Trinajstić information content (AvgIpc) is 2.61. The van der Waals surface area contributed by atoms with Crippen LogP contribution in [0.4, 0.5) is 11.4 Å². The minimum atomic E-state index is -0.440. The summed E-state index contributed by atoms with van der Waals surface area (Å²) >= 11 is 0. The topological polar surface area (TPSA) is 49.4 Å². The molecular formula is C20H20N2O2. The third kappa shape index (κ3) is 2.83. The van der Waals surface area contributed by atoms with Crippen LogP contribution in [0.2, 0.25) is 0 Å². The van der Waals surface area contributed by atoms with Crippen LogP contribution in [0.3, 0.4) is 0 Å². The molecule has 0 spiro atoms. The molecule has 0 unspecified atom stereocenters. The minimum Gasteiger partial charge on any atom is -0.378 e. The molecule has 0 heterocycles. The van der Waals surface area contributed by atoms with Gasteiger partial charge in [0.05, 0.1) is 11.3 Å². The number of hydrogen-bond acceptors (Lipinski definition) is 4. The lowest BCUT2D eigenvalue weighted by atomic mass is 9.97. The summed E-state index contributed by atoms with van der Waals surface area (Å²) in [6.07, 6.45) is 0. The molecule has 0 aromatic heterocycles. The summed E-state index contributed by atoms with van der Waals surface area (Å²) < 4.78 is 0. The fraction of sp³-hybridized carbons (Fsp3) is 0.200. The Labute approximate surface area is 141 Å². The summed E-state index contributed by atoms with van der Waals surface area (Å²) in [6.45, 7) is 1.98. The molecule has 24 heavy (non-hydrogen) atoms. The molecule has 0 aliphatic rings. The summed E-state index contributed by atoms with van der Waals surface area (Å²) in [4.78, 5) is 26.0. The van der Waals surface area contributed by atoms with E-state index in [4.69, 9.17) is 0 Å². The highest BCUT2D eigenvalue weighted by molar-refractivity contribution is 5.82. The predicted octanol–water partition coefficient (Wildman–Crippen LogP) is 3.19. The lowest BCUT2D eigenvalue weighted by molar-refractivity contribution is 0.880. The molecule has 1 atom stereocenters. The SMILES string of the molecule is C[C@@H](Nc1c(-c2ccc(N(C)C)cc2)c(=O)c1=O)c1ccccc1. The van der Waals surface area contributed by atoms with Gasteiger partial charge in [-0.05, 0) is 30.2 Å². The zero-order chi connectivity index (χ0) is 17.3. The number of benzene rings is 2. The molecule has 0 amide bonds. The quantitative estimate of drug-likeness (QED) is 0.734. The Morgan fingerprint density at radius 3 is 2.08 bits per heavy atom. The van der Waals surface area contributed by atoms with Crippen LogP contribution in [0.5, 0.6) is 0 Å². The lowest BCUT2D eigenvalue weighted by Gasteiger charge is -2.20. The van der Waals surface area contributed by atoms with Gasteiger partial charge in [-0.3, -0.25) is 9.59 Å². The Bertz CT molecular complexity index is 905. The van der Waals surface area contributed by atoms with Gasteiger partial charge in [-0.15, -0.1) is 0 Å². The number of rotatable bonds is 5. The summed E-state index contributed by atoms with van der Waals surface area (Å²) in [5, 5.41) is 3.20. The van der Waals surface area contributed by atoms with Crippen molar-refractivity contribution in [3.8, 4) is 11.1 Å². The molecule has 0 aliphatic carbocycles. The van der Waals surface area contributed by atoms with Crippen molar-refractivity contribution >= 4 is 11.4 Å². The highest BCUT2D eigenvalue weighted by atomic mass is 16.2. The highest BCUT2D eigenvalue weighted by Crippen LogP contribution is 2.28. The zero-order valence-corrected chi connectivity index (χ0v) is 14.0. The van der Waals surface area contributed by atoms with E-state index in [1.165, 1.54) is 0 Å². The maximum Gasteiger partial charge on any atom is 0.250 e. The van der Waals surface area contributed by atoms with Gasteiger partial charge in [-0.2, -0.15) is 0 Å². The molecule has 0 saturated heterocycles. The van der Waals surface area contributed by atoms with Crippen LogP contribution in [-0.4, -0.2) is 14.1 Å². The van der Waals surface area contributed by atoms with Gasteiger partial charge >= 0.3 is 0 Å². The Balaban J connectivity index is 1.90. The van der Waals surface area contributed by atoms with E-state index in [2.05, 4.69) is 5.32 Å². The molecule has 3 aromatic rings. The molecule has 0 radical (unpaired) electrons. The first-order chi connectivity index (χ1) is 11.5. The van der Waals surface area contributed by atoms with Gasteiger partial charge < -0.3 is 10.2 Å². The lowest BCUT2D eigenvalue weighted by Crippen LogP contribution is -2.36. The largest absolute Gasteiger partial charge is 0.378 e. The van der Waals surface area contributed by atoms with Crippen LogP contribution in [0.25, 0.3) is 11.1 Å². The fourth-order valence-corrected chi connectivity index (χ4v) is 2.77. The minimum absolute atomic E-state index is 0.0469. The molecule has 0 fully saturated rings. The van der Waals surface area contributed by atoms with Crippen molar-refractivity contribution in [1.82, 2.24) is 0 Å². The van der Waals surface area contributed by atoms with E-state index in [9.17, 15) is 9.59 Å². The van der Waals surface area contributed by atoms with E-state index >= 15 is 0 Å². The van der Waals surface area contributed by atoms with Crippen molar-refractivity contribution in [1.29, 1.82) is 0 Å². The van der Waals surface area contributed by atoms with Crippen LogP contribution in [0.15, 0.2) is 64.2 Å². The van der Waals surface area contributed by atoms with E-state index in [0.29, 0.717) is 11.3 Å². The van der Waals surface area contributed by atoms with Crippen LogP contribution in [-0.2, 0) is 0 Å². The maximum absolute atomic E-state index is 12.1. The summed E-state index contributed by atoms with van der Waals surface area (Å²) in [6, 6.07) is 17.4. The maximum atomic E-state index is 12.1. The number of anilines is 2. The first-order valence-electron chi connectivity index (χ1n) is 7.91. The van der Waals surface area contributed by atoms with Crippen LogP contribution < -0.4 is 21.1 Å². The van der Waals surface area contributed by atoms with Gasteiger partial charge in [0, 0.05) is 25.8 Å². The van der Waals surface area contributed by atoms with Gasteiger partial charge in [-0.25, -0.2) is 0 Å². The molecule has 3 aromatic carbocycles. The molecular weight excluding hydrogens is 300 g/mol. The fourth-order valence-electron chi connectivity index (χ4n) is 2.77. The van der Waals surface area contributed by atoms with Crippen molar-refractivity contribution in [2.24, 2.45) is 0 Å². The van der Waals surface area contributed by atoms with E-state index in [1.807, 2.05) is 80.5 Å². The Kier molecular flexibility index (Phi) is 4.21. The van der Waals surface area contributed by atoms with Gasteiger partial charge in [0.1, 0.15) is 0 Å². The van der Waals surface area contributed by atoms with E-state index in [1.54, 1.807) is 0 Å². The predicted molar refractivity (Wildman–Crippen MR) is 99.6 cm³/mol. The normalized spacial score (nSPS) is 12.1. The van der Waals surface area contributed by atoms with Gasteiger partial charge in [0.25, 0.3) is 0 Å². The van der Waals surface area contributed by atoms with Crippen LogP contribution in [0.1, 0.15) is 18.5 Å². The highest BCUT2D eigenvalue weighted by Gasteiger charge is 2.23. The Morgan fingerprint density at radius 1 is 0.875 bits per heavy atom. The second-order valence-corrected chi connectivity index (χ2v) is 6.13. The first-order valence-corrected chi connectivity index (χ1v) is 7.91. The standard InChI is InChI=1S/C20H20N2O2/c1-13(14-7-5-4-6-8-14)21-18-17(19(23)20(18)24)15-9-11-16(12-10-15)22(2)3/h4-13,21H,1-3H3/t13-/m1/s1. The second-order valence-electron chi connectivity index (χ2n) is 6.13. The summed E-state index contributed by atoms with van der Waals surface area (Å²) in [5.74, 6) is 0. The van der Waals surface area contributed by atoms with Gasteiger partial charge in [0.2, 0.25) is 10.9 Å². The van der Waals surface area contributed by atoms with Crippen molar-refractivity contribution in [2.75, 3.05) is 24.3 Å². The van der Waals surface area contributed by atoms with Gasteiger partial charge in [-0.1, -0.05) is 42.5 Å². The smallest absolute Gasteiger partial charge is 0.250 e.